The fourth-order valence-electron chi connectivity index (χ4n) is 6.06. The summed E-state index contributed by atoms with van der Waals surface area (Å²) in [5.74, 6) is 0.852. The molecule has 3 unspecified atom stereocenters. The van der Waals surface area contributed by atoms with Crippen molar-refractivity contribution >= 4 is 22.6 Å². The third-order valence-corrected chi connectivity index (χ3v) is 7.81. The summed E-state index contributed by atoms with van der Waals surface area (Å²) < 4.78 is 2.24. The molecule has 3 aliphatic rings. The lowest BCUT2D eigenvalue weighted by molar-refractivity contribution is -0.140. The van der Waals surface area contributed by atoms with Crippen molar-refractivity contribution in [2.45, 2.75) is 50.9 Å². The summed E-state index contributed by atoms with van der Waals surface area (Å²) in [7, 11) is 0. The van der Waals surface area contributed by atoms with E-state index in [2.05, 4.69) is 52.6 Å². The van der Waals surface area contributed by atoms with Gasteiger partial charge in [-0.1, -0.05) is 30.3 Å². The van der Waals surface area contributed by atoms with Crippen LogP contribution in [0.1, 0.15) is 38.1 Å². The van der Waals surface area contributed by atoms with Gasteiger partial charge in [-0.05, 0) is 68.5 Å². The van der Waals surface area contributed by atoms with Gasteiger partial charge in [-0.2, -0.15) is 0 Å². The number of hydrogen-bond acceptors (Lipinski definition) is 5. The SMILES string of the molecule is CC1=CC=CC2=NC(C(=O)N3CCCC(N)C3)(c3cc4ccccc4n3Cc3ccccn3)C(C)N12. The van der Waals surface area contributed by atoms with Crippen LogP contribution in [0.3, 0.4) is 0 Å². The van der Waals surface area contributed by atoms with Gasteiger partial charge in [-0.3, -0.25) is 9.78 Å². The number of amidine groups is 1. The van der Waals surface area contributed by atoms with Gasteiger partial charge in [0.2, 0.25) is 5.54 Å². The van der Waals surface area contributed by atoms with Crippen LogP contribution in [0, 0.1) is 0 Å². The Bertz CT molecular complexity index is 1400. The van der Waals surface area contributed by atoms with E-state index in [9.17, 15) is 4.79 Å². The molecule has 6 rings (SSSR count). The summed E-state index contributed by atoms with van der Waals surface area (Å²) in [6.07, 6.45) is 9.76. The smallest absolute Gasteiger partial charge is 0.258 e. The number of aliphatic imine (C=N–C) groups is 1. The molecule has 5 heterocycles. The van der Waals surface area contributed by atoms with Crippen LogP contribution < -0.4 is 5.73 Å². The second kappa shape index (κ2) is 8.75. The minimum Gasteiger partial charge on any atom is -0.339 e. The Balaban J connectivity index is 1.58. The maximum absolute atomic E-state index is 14.7. The van der Waals surface area contributed by atoms with Gasteiger partial charge >= 0.3 is 0 Å². The van der Waals surface area contributed by atoms with E-state index in [0.717, 1.165) is 46.7 Å². The largest absolute Gasteiger partial charge is 0.339 e. The number of carbonyl (C=O) groups excluding carboxylic acids is 1. The lowest BCUT2D eigenvalue weighted by atomic mass is 9.85. The van der Waals surface area contributed by atoms with Gasteiger partial charge in [0, 0.05) is 36.5 Å². The number of aromatic nitrogens is 2. The van der Waals surface area contributed by atoms with E-state index in [0.29, 0.717) is 19.6 Å². The maximum atomic E-state index is 14.7. The number of allylic oxidation sites excluding steroid dienone is 3. The normalized spacial score (nSPS) is 25.6. The fraction of sp³-hybridized carbons (Fsp3) is 0.345. The first-order valence-electron chi connectivity index (χ1n) is 12.8. The molecule has 3 atom stereocenters. The lowest BCUT2D eigenvalue weighted by Crippen LogP contribution is -2.57. The van der Waals surface area contributed by atoms with Crippen molar-refractivity contribution in [3.05, 3.63) is 90.0 Å². The van der Waals surface area contributed by atoms with Gasteiger partial charge in [0.25, 0.3) is 5.91 Å². The fourth-order valence-corrected chi connectivity index (χ4v) is 6.06. The zero-order chi connectivity index (χ0) is 24.9. The summed E-state index contributed by atoms with van der Waals surface area (Å²) in [6, 6.07) is 16.2. The van der Waals surface area contributed by atoms with Crippen LogP contribution in [0.2, 0.25) is 0 Å². The molecule has 1 amide bonds. The quantitative estimate of drug-likeness (QED) is 0.616. The highest BCUT2D eigenvalue weighted by molar-refractivity contribution is 6.03. The van der Waals surface area contributed by atoms with Crippen LogP contribution in [-0.4, -0.2) is 56.3 Å². The van der Waals surface area contributed by atoms with E-state index in [-0.39, 0.29) is 18.0 Å². The number of nitrogens with two attached hydrogens (primary N) is 1. The van der Waals surface area contributed by atoms with Gasteiger partial charge in [0.05, 0.1) is 24.0 Å². The first-order valence-corrected chi connectivity index (χ1v) is 12.8. The van der Waals surface area contributed by atoms with Crippen molar-refractivity contribution in [1.82, 2.24) is 19.4 Å². The van der Waals surface area contributed by atoms with Gasteiger partial charge in [0.1, 0.15) is 5.84 Å². The van der Waals surface area contributed by atoms with Crippen LogP contribution in [0.25, 0.3) is 10.9 Å². The summed E-state index contributed by atoms with van der Waals surface area (Å²) in [5, 5.41) is 1.09. The zero-order valence-electron chi connectivity index (χ0n) is 20.8. The average molecular weight is 481 g/mol. The summed E-state index contributed by atoms with van der Waals surface area (Å²) >= 11 is 0. The monoisotopic (exact) mass is 480 g/mol. The first kappa shape index (κ1) is 22.7. The number of fused-ring (bicyclic) bond motifs is 2. The molecule has 36 heavy (non-hydrogen) atoms. The zero-order valence-corrected chi connectivity index (χ0v) is 20.8. The number of benzene rings is 1. The molecule has 1 fully saturated rings. The first-order chi connectivity index (χ1) is 17.5. The molecule has 2 N–H and O–H groups in total. The molecule has 1 aromatic carbocycles. The Labute approximate surface area is 211 Å². The van der Waals surface area contributed by atoms with Crippen LogP contribution in [0.5, 0.6) is 0 Å². The summed E-state index contributed by atoms with van der Waals surface area (Å²) in [5.41, 5.74) is 9.22. The van der Waals surface area contributed by atoms with Gasteiger partial charge in [0.15, 0.2) is 0 Å². The predicted octanol–water partition coefficient (Wildman–Crippen LogP) is 3.81. The molecule has 0 bridgehead atoms. The van der Waals surface area contributed by atoms with E-state index in [1.165, 1.54) is 0 Å². The number of carbonyl (C=O) groups is 1. The highest BCUT2D eigenvalue weighted by atomic mass is 16.2. The standard InChI is InChI=1S/C29H32N6O/c1-20-9-7-14-27-32-29(21(2)35(20)27,28(36)33-16-8-11-23(30)18-33)26-17-22-10-3-4-13-25(22)34(26)19-24-12-5-6-15-31-24/h3-7,9-10,12-15,17,21,23H,8,11,16,18-19,30H2,1-2H3. The van der Waals surface area contributed by atoms with Crippen molar-refractivity contribution in [1.29, 1.82) is 0 Å². The lowest BCUT2D eigenvalue weighted by Gasteiger charge is -2.41. The van der Waals surface area contributed by atoms with Crippen molar-refractivity contribution in [3.8, 4) is 0 Å². The van der Waals surface area contributed by atoms with Crippen LogP contribution >= 0.6 is 0 Å². The van der Waals surface area contributed by atoms with Crippen LogP contribution in [0.4, 0.5) is 0 Å². The third kappa shape index (κ3) is 3.49. The van der Waals surface area contributed by atoms with E-state index < -0.39 is 5.54 Å². The number of para-hydroxylation sites is 1. The molecular formula is C29H32N6O. The average Bonchev–Trinajstić information content (AvgIpc) is 3.41. The van der Waals surface area contributed by atoms with Gasteiger partial charge < -0.3 is 20.1 Å². The molecule has 7 heteroatoms. The van der Waals surface area contributed by atoms with Crippen molar-refractivity contribution in [3.63, 3.8) is 0 Å². The highest BCUT2D eigenvalue weighted by Gasteiger charge is 2.56. The van der Waals surface area contributed by atoms with Crippen LogP contribution in [-0.2, 0) is 16.9 Å². The number of amides is 1. The highest BCUT2D eigenvalue weighted by Crippen LogP contribution is 2.44. The van der Waals surface area contributed by atoms with Gasteiger partial charge in [-0.25, -0.2) is 4.99 Å². The number of rotatable bonds is 4. The Hall–Kier alpha value is -3.71. The van der Waals surface area contributed by atoms with E-state index in [1.54, 1.807) is 0 Å². The molecule has 2 aromatic heterocycles. The van der Waals surface area contributed by atoms with Gasteiger partial charge in [-0.15, -0.1) is 0 Å². The molecule has 1 saturated heterocycles. The second-order valence-corrected chi connectivity index (χ2v) is 10.1. The van der Waals surface area contributed by atoms with Crippen molar-refractivity contribution in [2.24, 2.45) is 10.7 Å². The molecule has 0 radical (unpaired) electrons. The predicted molar refractivity (Wildman–Crippen MR) is 142 cm³/mol. The van der Waals surface area contributed by atoms with E-state index in [1.807, 2.05) is 53.6 Å². The number of pyridine rings is 1. The second-order valence-electron chi connectivity index (χ2n) is 10.1. The number of piperidine rings is 1. The molecular weight excluding hydrogens is 448 g/mol. The maximum Gasteiger partial charge on any atom is 0.258 e. The summed E-state index contributed by atoms with van der Waals surface area (Å²) in [4.78, 5) is 28.7. The molecule has 184 valence electrons. The third-order valence-electron chi connectivity index (χ3n) is 7.81. The van der Waals surface area contributed by atoms with Crippen molar-refractivity contribution in [2.75, 3.05) is 13.1 Å². The molecule has 7 nitrogen and oxygen atoms in total. The molecule has 0 aliphatic carbocycles. The molecule has 0 spiro atoms. The van der Waals surface area contributed by atoms with E-state index >= 15 is 0 Å². The van der Waals surface area contributed by atoms with E-state index in [4.69, 9.17) is 10.7 Å². The Morgan fingerprint density at radius 1 is 1.19 bits per heavy atom. The van der Waals surface area contributed by atoms with Crippen molar-refractivity contribution < 1.29 is 4.79 Å². The number of likely N-dealkylation sites (tertiary alicyclic amines) is 1. The molecule has 0 saturated carbocycles. The topological polar surface area (TPSA) is 79.7 Å². The molecule has 3 aliphatic heterocycles. The number of nitrogens with zero attached hydrogens (tertiary/aromatic N) is 5. The summed E-state index contributed by atoms with van der Waals surface area (Å²) in [6.45, 7) is 6.02. The Morgan fingerprint density at radius 3 is 2.81 bits per heavy atom. The minimum absolute atomic E-state index is 0.00685. The number of hydrogen-bond donors (Lipinski definition) is 1. The minimum atomic E-state index is -1.11. The Morgan fingerprint density at radius 2 is 2.03 bits per heavy atom. The Kier molecular flexibility index (Phi) is 5.52. The molecule has 3 aromatic rings. The van der Waals surface area contributed by atoms with Crippen LogP contribution in [0.15, 0.2) is 83.6 Å².